The van der Waals surface area contributed by atoms with Gasteiger partial charge in [-0.1, -0.05) is 34.6 Å². The van der Waals surface area contributed by atoms with Crippen LogP contribution >= 0.6 is 0 Å². The van der Waals surface area contributed by atoms with E-state index in [9.17, 15) is 10.2 Å². The first kappa shape index (κ1) is 16.0. The molecule has 0 aromatic rings. The van der Waals surface area contributed by atoms with Crippen LogP contribution < -0.4 is 0 Å². The summed E-state index contributed by atoms with van der Waals surface area (Å²) in [5.41, 5.74) is 0.722. The van der Waals surface area contributed by atoms with Crippen molar-refractivity contribution in [1.82, 2.24) is 0 Å². The van der Waals surface area contributed by atoms with Crippen LogP contribution in [0.2, 0.25) is 0 Å². The highest BCUT2D eigenvalue weighted by molar-refractivity contribution is 5.90. The van der Waals surface area contributed by atoms with Gasteiger partial charge in [0.15, 0.2) is 0 Å². The average Bonchev–Trinajstić information content (AvgIpc) is 2.51. The number of aliphatic imine (C=N–C) groups is 1. The van der Waals surface area contributed by atoms with E-state index in [-0.39, 0.29) is 6.04 Å². The highest BCUT2D eigenvalue weighted by Crippen LogP contribution is 2.15. The Kier molecular flexibility index (Phi) is 10.5. The van der Waals surface area contributed by atoms with Crippen LogP contribution in [0.4, 0.5) is 0 Å². The Morgan fingerprint density at radius 1 is 1.14 bits per heavy atom. The highest BCUT2D eigenvalue weighted by atomic mass is 16.3. The molecule has 0 saturated heterocycles. The Hall–Kier alpha value is -0.410. The molecule has 1 aliphatic heterocycles. The Bertz CT molecular complexity index is 157. The molecule has 1 unspecified atom stereocenters. The van der Waals surface area contributed by atoms with Crippen molar-refractivity contribution in [3.8, 4) is 0 Å². The summed E-state index contributed by atoms with van der Waals surface area (Å²) in [6.07, 6.45) is -0.683. The van der Waals surface area contributed by atoms with E-state index in [0.717, 1.165) is 12.1 Å². The standard InChI is InChI=1S/C7H13NO2.2C2H6/c1-3-5-7(10)6(9)4(2)8-5;2*1-2/h4,6-7,9-10H,3H2,1-2H3;2*1-2H3/t4?,6-,7+;;/m1../s1. The normalized spacial score (nSPS) is 29.4. The smallest absolute Gasteiger partial charge is 0.119 e. The van der Waals surface area contributed by atoms with Gasteiger partial charge in [0.05, 0.1) is 6.04 Å². The number of aliphatic hydroxyl groups excluding tert-OH is 2. The lowest BCUT2D eigenvalue weighted by Crippen LogP contribution is -2.32. The van der Waals surface area contributed by atoms with Crippen molar-refractivity contribution in [2.75, 3.05) is 0 Å². The molecule has 1 heterocycles. The molecule has 0 spiro atoms. The molecule has 0 fully saturated rings. The van der Waals surface area contributed by atoms with Gasteiger partial charge in [-0.25, -0.2) is 0 Å². The molecule has 1 aliphatic rings. The van der Waals surface area contributed by atoms with Gasteiger partial charge in [-0.2, -0.15) is 0 Å². The molecule has 0 aliphatic carbocycles. The van der Waals surface area contributed by atoms with E-state index in [4.69, 9.17) is 0 Å². The molecule has 0 bridgehead atoms. The van der Waals surface area contributed by atoms with E-state index in [1.807, 2.05) is 34.6 Å². The quantitative estimate of drug-likeness (QED) is 0.685. The molecular formula is C11H25NO2. The molecule has 14 heavy (non-hydrogen) atoms. The molecular weight excluding hydrogens is 178 g/mol. The third-order valence-electron chi connectivity index (χ3n) is 1.89. The minimum atomic E-state index is -0.722. The number of aliphatic hydroxyl groups is 2. The second-order valence-corrected chi connectivity index (χ2v) is 2.65. The Morgan fingerprint density at radius 3 is 1.71 bits per heavy atom. The fraction of sp³-hybridized carbons (Fsp3) is 0.909. The first-order valence-corrected chi connectivity index (χ1v) is 5.59. The van der Waals surface area contributed by atoms with Crippen molar-refractivity contribution in [1.29, 1.82) is 0 Å². The molecule has 0 aromatic carbocycles. The van der Waals surface area contributed by atoms with Gasteiger partial charge in [0.25, 0.3) is 0 Å². The maximum absolute atomic E-state index is 9.25. The number of nitrogens with zero attached hydrogens (tertiary/aromatic N) is 1. The van der Waals surface area contributed by atoms with Gasteiger partial charge in [-0.05, 0) is 13.3 Å². The van der Waals surface area contributed by atoms with E-state index in [2.05, 4.69) is 4.99 Å². The van der Waals surface area contributed by atoms with Crippen molar-refractivity contribution in [3.05, 3.63) is 0 Å². The van der Waals surface area contributed by atoms with E-state index < -0.39 is 12.2 Å². The average molecular weight is 203 g/mol. The summed E-state index contributed by atoms with van der Waals surface area (Å²) >= 11 is 0. The Balaban J connectivity index is 0. The summed E-state index contributed by atoms with van der Waals surface area (Å²) in [6.45, 7) is 11.7. The zero-order valence-electron chi connectivity index (χ0n) is 10.3. The predicted octanol–water partition coefficient (Wildman–Crippen LogP) is 2.01. The summed E-state index contributed by atoms with van der Waals surface area (Å²) in [4.78, 5) is 4.09. The van der Waals surface area contributed by atoms with Crippen molar-refractivity contribution < 1.29 is 10.2 Å². The van der Waals surface area contributed by atoms with Gasteiger partial charge in [-0.15, -0.1) is 0 Å². The van der Waals surface area contributed by atoms with Crippen LogP contribution in [0, 0.1) is 0 Å². The summed E-state index contributed by atoms with van der Waals surface area (Å²) in [5.74, 6) is 0. The van der Waals surface area contributed by atoms with E-state index in [0.29, 0.717) is 0 Å². The number of rotatable bonds is 1. The topological polar surface area (TPSA) is 52.8 Å². The minimum absolute atomic E-state index is 0.134. The van der Waals surface area contributed by atoms with Crippen LogP contribution in [0.3, 0.4) is 0 Å². The molecule has 3 atom stereocenters. The van der Waals surface area contributed by atoms with Gasteiger partial charge in [0, 0.05) is 5.71 Å². The number of hydrogen-bond donors (Lipinski definition) is 2. The van der Waals surface area contributed by atoms with E-state index >= 15 is 0 Å². The third-order valence-corrected chi connectivity index (χ3v) is 1.89. The number of hydrogen-bond acceptors (Lipinski definition) is 3. The molecule has 0 radical (unpaired) electrons. The molecule has 2 N–H and O–H groups in total. The fourth-order valence-corrected chi connectivity index (χ4v) is 1.18. The lowest BCUT2D eigenvalue weighted by molar-refractivity contribution is 0.0584. The molecule has 1 rings (SSSR count). The molecule has 3 heteroatoms. The van der Waals surface area contributed by atoms with Gasteiger partial charge in [0.2, 0.25) is 0 Å². The second kappa shape index (κ2) is 9.16. The predicted molar refractivity (Wildman–Crippen MR) is 61.9 cm³/mol. The molecule has 0 amide bonds. The molecule has 3 nitrogen and oxygen atoms in total. The summed E-state index contributed by atoms with van der Waals surface area (Å²) in [6, 6.07) is -0.134. The maximum atomic E-state index is 9.25. The Morgan fingerprint density at radius 2 is 1.57 bits per heavy atom. The lowest BCUT2D eigenvalue weighted by atomic mass is 10.1. The van der Waals surface area contributed by atoms with Gasteiger partial charge in [-0.3, -0.25) is 4.99 Å². The zero-order chi connectivity index (χ0) is 11.7. The van der Waals surface area contributed by atoms with Gasteiger partial charge >= 0.3 is 0 Å². The largest absolute Gasteiger partial charge is 0.388 e. The van der Waals surface area contributed by atoms with E-state index in [1.165, 1.54) is 0 Å². The van der Waals surface area contributed by atoms with Crippen molar-refractivity contribution in [2.45, 2.75) is 66.2 Å². The van der Waals surface area contributed by atoms with Crippen LogP contribution in [0.25, 0.3) is 0 Å². The second-order valence-electron chi connectivity index (χ2n) is 2.65. The summed E-state index contributed by atoms with van der Waals surface area (Å²) in [7, 11) is 0. The first-order valence-electron chi connectivity index (χ1n) is 5.59. The van der Waals surface area contributed by atoms with Gasteiger partial charge < -0.3 is 10.2 Å². The van der Waals surface area contributed by atoms with Crippen LogP contribution in [-0.2, 0) is 0 Å². The monoisotopic (exact) mass is 203 g/mol. The first-order chi connectivity index (χ1) is 6.66. The fourth-order valence-electron chi connectivity index (χ4n) is 1.18. The zero-order valence-corrected chi connectivity index (χ0v) is 10.3. The van der Waals surface area contributed by atoms with Crippen LogP contribution in [0.15, 0.2) is 4.99 Å². The maximum Gasteiger partial charge on any atom is 0.119 e. The summed E-state index contributed by atoms with van der Waals surface area (Å²) in [5, 5.41) is 18.5. The minimum Gasteiger partial charge on any atom is -0.388 e. The molecule has 0 saturated carbocycles. The van der Waals surface area contributed by atoms with Crippen molar-refractivity contribution in [3.63, 3.8) is 0 Å². The van der Waals surface area contributed by atoms with Crippen LogP contribution in [-0.4, -0.2) is 34.2 Å². The molecule has 86 valence electrons. The summed E-state index contributed by atoms with van der Waals surface area (Å²) < 4.78 is 0. The lowest BCUT2D eigenvalue weighted by Gasteiger charge is -2.10. The Labute approximate surface area is 87.9 Å². The van der Waals surface area contributed by atoms with Gasteiger partial charge in [0.1, 0.15) is 12.2 Å². The molecule has 0 aromatic heterocycles. The van der Waals surface area contributed by atoms with Crippen LogP contribution in [0.1, 0.15) is 48.0 Å². The van der Waals surface area contributed by atoms with Crippen molar-refractivity contribution >= 4 is 5.71 Å². The third kappa shape index (κ3) is 4.20. The van der Waals surface area contributed by atoms with E-state index in [1.54, 1.807) is 6.92 Å². The van der Waals surface area contributed by atoms with Crippen molar-refractivity contribution in [2.24, 2.45) is 4.99 Å². The highest BCUT2D eigenvalue weighted by Gasteiger charge is 2.31. The SMILES string of the molecule is CC.CC.CCC1=NC(C)[C@@H](O)[C@H]1O. The van der Waals surface area contributed by atoms with Crippen LogP contribution in [0.5, 0.6) is 0 Å².